The fraction of sp³-hybridized carbons (Fsp3) is 0.286. The molecule has 0 spiro atoms. The summed E-state index contributed by atoms with van der Waals surface area (Å²) in [6.45, 7) is 3.24. The number of benzene rings is 1. The molecule has 0 amide bonds. The van der Waals surface area contributed by atoms with Crippen LogP contribution in [-0.4, -0.2) is 58.7 Å². The fourth-order valence-corrected chi connectivity index (χ4v) is 3.63. The van der Waals surface area contributed by atoms with Crippen molar-refractivity contribution >= 4 is 17.8 Å². The number of carboxylic acid groups (broad SMARTS) is 2. The minimum Gasteiger partial charge on any atom is -0.478 e. The van der Waals surface area contributed by atoms with Crippen molar-refractivity contribution in [3.63, 3.8) is 0 Å². The first-order valence-corrected chi connectivity index (χ1v) is 9.06. The van der Waals surface area contributed by atoms with Gasteiger partial charge in [-0.2, -0.15) is 0 Å². The highest BCUT2D eigenvalue weighted by atomic mass is 16.4. The van der Waals surface area contributed by atoms with Crippen molar-refractivity contribution in [2.45, 2.75) is 12.5 Å². The van der Waals surface area contributed by atoms with Gasteiger partial charge >= 0.3 is 11.9 Å². The quantitative estimate of drug-likeness (QED) is 0.770. The van der Waals surface area contributed by atoms with E-state index in [1.54, 1.807) is 0 Å². The van der Waals surface area contributed by atoms with Crippen molar-refractivity contribution in [1.29, 1.82) is 0 Å². The first kappa shape index (κ1) is 19.6. The minimum absolute atomic E-state index is 0.432. The fourth-order valence-electron chi connectivity index (χ4n) is 3.63. The van der Waals surface area contributed by atoms with E-state index in [1.807, 2.05) is 6.20 Å². The molecule has 146 valence electrons. The van der Waals surface area contributed by atoms with Crippen LogP contribution >= 0.6 is 0 Å². The molecule has 1 aromatic carbocycles. The van der Waals surface area contributed by atoms with Crippen LogP contribution in [0, 0.1) is 0 Å². The monoisotopic (exact) mass is 381 g/mol. The molecule has 4 rings (SSSR count). The standard InChI is InChI=1S/C17H19N3.C4H4O4/c1-19-9-10-20-16(12-19)15-7-3-2-5-13(15)11-14-6-4-8-18-17(14)20;5-3(6)1-2-4(7)8/h2-8,16H,9-12H2,1H3;1-2H,(H,5,6)(H,7,8)/b;2-1-/t16-;/m1./s1. The number of carbonyl (C=O) groups is 2. The maximum atomic E-state index is 9.55. The second-order valence-corrected chi connectivity index (χ2v) is 6.84. The van der Waals surface area contributed by atoms with Crippen LogP contribution in [0.25, 0.3) is 0 Å². The molecular weight excluding hydrogens is 358 g/mol. The molecule has 2 aliphatic heterocycles. The number of hydrogen-bond donors (Lipinski definition) is 2. The van der Waals surface area contributed by atoms with E-state index in [4.69, 9.17) is 10.2 Å². The van der Waals surface area contributed by atoms with Gasteiger partial charge in [0, 0.05) is 44.4 Å². The van der Waals surface area contributed by atoms with E-state index in [1.165, 1.54) is 22.5 Å². The Kier molecular flexibility index (Phi) is 6.06. The van der Waals surface area contributed by atoms with Gasteiger partial charge in [0.05, 0.1) is 6.04 Å². The van der Waals surface area contributed by atoms with Crippen molar-refractivity contribution in [2.75, 3.05) is 31.6 Å². The summed E-state index contributed by atoms with van der Waals surface area (Å²) in [4.78, 5) is 28.7. The van der Waals surface area contributed by atoms with E-state index in [-0.39, 0.29) is 0 Å². The smallest absolute Gasteiger partial charge is 0.328 e. The molecule has 1 saturated heterocycles. The van der Waals surface area contributed by atoms with Gasteiger partial charge in [-0.05, 0) is 29.8 Å². The maximum Gasteiger partial charge on any atom is 0.328 e. The molecule has 28 heavy (non-hydrogen) atoms. The summed E-state index contributed by atoms with van der Waals surface area (Å²) in [7, 11) is 2.21. The maximum absolute atomic E-state index is 9.55. The first-order chi connectivity index (χ1) is 13.5. The summed E-state index contributed by atoms with van der Waals surface area (Å²) in [6.07, 6.45) is 4.03. The zero-order chi connectivity index (χ0) is 20.1. The molecule has 7 nitrogen and oxygen atoms in total. The zero-order valence-electron chi connectivity index (χ0n) is 15.7. The molecule has 3 heterocycles. The topological polar surface area (TPSA) is 94.0 Å². The Morgan fingerprint density at radius 3 is 2.43 bits per heavy atom. The Bertz CT molecular complexity index is 881. The van der Waals surface area contributed by atoms with Crippen molar-refractivity contribution in [2.24, 2.45) is 0 Å². The lowest BCUT2D eigenvalue weighted by Gasteiger charge is -2.41. The summed E-state index contributed by atoms with van der Waals surface area (Å²) in [5, 5.41) is 15.6. The van der Waals surface area contributed by atoms with E-state index in [0.717, 1.165) is 26.1 Å². The minimum atomic E-state index is -1.26. The number of likely N-dealkylation sites (N-methyl/N-ethyl adjacent to an activating group) is 1. The van der Waals surface area contributed by atoms with E-state index >= 15 is 0 Å². The lowest BCUT2D eigenvalue weighted by Crippen LogP contribution is -2.47. The zero-order valence-corrected chi connectivity index (χ0v) is 15.7. The lowest BCUT2D eigenvalue weighted by molar-refractivity contribution is -0.134. The van der Waals surface area contributed by atoms with E-state index in [2.05, 4.69) is 58.2 Å². The van der Waals surface area contributed by atoms with E-state index in [0.29, 0.717) is 18.2 Å². The number of rotatable bonds is 2. The molecule has 2 N–H and O–H groups in total. The summed E-state index contributed by atoms with van der Waals surface area (Å²) in [6, 6.07) is 13.6. The number of piperazine rings is 1. The van der Waals surface area contributed by atoms with Crippen molar-refractivity contribution in [3.8, 4) is 0 Å². The van der Waals surface area contributed by atoms with Crippen molar-refractivity contribution in [3.05, 3.63) is 71.4 Å². The first-order valence-electron chi connectivity index (χ1n) is 9.06. The van der Waals surface area contributed by atoms with Crippen LogP contribution in [-0.2, 0) is 16.0 Å². The normalized spacial score (nSPS) is 18.2. The van der Waals surface area contributed by atoms with Gasteiger partial charge in [-0.25, -0.2) is 14.6 Å². The highest BCUT2D eigenvalue weighted by Gasteiger charge is 2.32. The third kappa shape index (κ3) is 4.55. The number of aromatic nitrogens is 1. The van der Waals surface area contributed by atoms with Crippen molar-refractivity contribution in [1.82, 2.24) is 9.88 Å². The van der Waals surface area contributed by atoms with Gasteiger partial charge in [0.2, 0.25) is 0 Å². The van der Waals surface area contributed by atoms with Gasteiger partial charge in [-0.1, -0.05) is 30.3 Å². The molecule has 2 aromatic rings. The van der Waals surface area contributed by atoms with Gasteiger partial charge in [-0.3, -0.25) is 0 Å². The van der Waals surface area contributed by atoms with E-state index in [9.17, 15) is 9.59 Å². The average Bonchev–Trinajstić information content (AvgIpc) is 2.81. The summed E-state index contributed by atoms with van der Waals surface area (Å²) < 4.78 is 0. The van der Waals surface area contributed by atoms with Crippen molar-refractivity contribution < 1.29 is 19.8 Å². The summed E-state index contributed by atoms with van der Waals surface area (Å²) >= 11 is 0. The van der Waals surface area contributed by atoms with E-state index < -0.39 is 11.9 Å². The highest BCUT2D eigenvalue weighted by Crippen LogP contribution is 2.37. The number of hydrogen-bond acceptors (Lipinski definition) is 5. The Balaban J connectivity index is 0.000000242. The van der Waals surface area contributed by atoms with Gasteiger partial charge in [0.1, 0.15) is 5.82 Å². The summed E-state index contributed by atoms with van der Waals surface area (Å²) in [5.74, 6) is -1.33. The van der Waals surface area contributed by atoms with Gasteiger partial charge in [0.25, 0.3) is 0 Å². The third-order valence-corrected chi connectivity index (χ3v) is 4.89. The Morgan fingerprint density at radius 1 is 1.04 bits per heavy atom. The average molecular weight is 381 g/mol. The number of carboxylic acids is 2. The van der Waals surface area contributed by atoms with Gasteiger partial charge in [0.15, 0.2) is 0 Å². The molecule has 2 aliphatic rings. The number of pyridine rings is 1. The van der Waals surface area contributed by atoms with Crippen LogP contribution in [0.3, 0.4) is 0 Å². The molecule has 1 atom stereocenters. The number of fused-ring (bicyclic) bond motifs is 5. The Morgan fingerprint density at radius 2 is 1.71 bits per heavy atom. The number of aliphatic carboxylic acids is 2. The molecule has 0 saturated carbocycles. The number of anilines is 1. The Labute approximate surface area is 163 Å². The van der Waals surface area contributed by atoms with Gasteiger partial charge < -0.3 is 20.0 Å². The van der Waals surface area contributed by atoms with Crippen LogP contribution < -0.4 is 4.90 Å². The van der Waals surface area contributed by atoms with Gasteiger partial charge in [-0.15, -0.1) is 0 Å². The predicted octanol–water partition coefficient (Wildman–Crippen LogP) is 2.19. The largest absolute Gasteiger partial charge is 0.478 e. The predicted molar refractivity (Wildman–Crippen MR) is 105 cm³/mol. The van der Waals surface area contributed by atoms with Crippen LogP contribution in [0.1, 0.15) is 22.7 Å². The second-order valence-electron chi connectivity index (χ2n) is 6.84. The molecule has 0 unspecified atom stereocenters. The molecule has 0 aliphatic carbocycles. The highest BCUT2D eigenvalue weighted by molar-refractivity contribution is 5.89. The van der Waals surface area contributed by atoms with Crippen LogP contribution in [0.15, 0.2) is 54.7 Å². The van der Waals surface area contributed by atoms with Crippen LogP contribution in [0.4, 0.5) is 5.82 Å². The number of nitrogens with zero attached hydrogens (tertiary/aromatic N) is 3. The lowest BCUT2D eigenvalue weighted by atomic mass is 9.96. The molecule has 0 bridgehead atoms. The van der Waals surface area contributed by atoms with Crippen LogP contribution in [0.5, 0.6) is 0 Å². The summed E-state index contributed by atoms with van der Waals surface area (Å²) in [5.41, 5.74) is 4.27. The molecule has 1 aromatic heterocycles. The SMILES string of the molecule is CN1CCN2c3ncccc3Cc3ccccc3[C@H]2C1.O=C(O)/C=C\C(=O)O. The molecule has 0 radical (unpaired) electrons. The second kappa shape index (κ2) is 8.67. The van der Waals surface area contributed by atoms with Crippen LogP contribution in [0.2, 0.25) is 0 Å². The molecule has 1 fully saturated rings. The third-order valence-electron chi connectivity index (χ3n) is 4.89. The Hall–Kier alpha value is -3.19. The molecule has 7 heteroatoms. The molecular formula is C21H23N3O4.